The molecule has 1 aromatic rings. The predicted octanol–water partition coefficient (Wildman–Crippen LogP) is 6.27. The summed E-state index contributed by atoms with van der Waals surface area (Å²) in [5, 5.41) is 1.06. The van der Waals surface area contributed by atoms with Crippen LogP contribution < -0.4 is 4.74 Å². The zero-order valence-corrected chi connectivity index (χ0v) is 15.5. The Labute approximate surface area is 138 Å². The molecule has 0 atom stereocenters. The van der Waals surface area contributed by atoms with E-state index in [9.17, 15) is 0 Å². The highest BCUT2D eigenvalue weighted by Crippen LogP contribution is 2.42. The zero-order chi connectivity index (χ0) is 15.5. The Morgan fingerprint density at radius 2 is 1.57 bits per heavy atom. The minimum Gasteiger partial charge on any atom is -0.492 e. The lowest BCUT2D eigenvalue weighted by Gasteiger charge is -2.29. The number of ether oxygens (including phenoxy) is 1. The van der Waals surface area contributed by atoms with Gasteiger partial charge in [0.05, 0.1) is 6.61 Å². The van der Waals surface area contributed by atoms with Crippen LogP contribution in [0.3, 0.4) is 0 Å². The molecule has 0 aromatic heterocycles. The lowest BCUT2D eigenvalue weighted by molar-refractivity contribution is 0.170. The molecule has 0 bridgehead atoms. The Hall–Kier alpha value is -0.500. The number of hydrogen-bond acceptors (Lipinski definition) is 1. The van der Waals surface area contributed by atoms with Crippen molar-refractivity contribution in [1.29, 1.82) is 0 Å². The average molecular weight is 353 g/mol. The van der Waals surface area contributed by atoms with Gasteiger partial charge >= 0.3 is 0 Å². The third-order valence-electron chi connectivity index (χ3n) is 4.79. The second-order valence-corrected chi connectivity index (χ2v) is 7.77. The van der Waals surface area contributed by atoms with Crippen LogP contribution in [-0.2, 0) is 0 Å². The Kier molecular flexibility index (Phi) is 5.76. The number of para-hydroxylation sites is 1. The van der Waals surface area contributed by atoms with Crippen molar-refractivity contribution in [2.75, 3.05) is 11.9 Å². The van der Waals surface area contributed by atoms with Crippen LogP contribution in [-0.4, -0.2) is 11.9 Å². The molecule has 118 valence electrons. The number of benzene rings is 1. The largest absolute Gasteiger partial charge is 0.492 e. The van der Waals surface area contributed by atoms with Crippen LogP contribution in [0.2, 0.25) is 0 Å². The summed E-state index contributed by atoms with van der Waals surface area (Å²) < 4.78 is 6.44. The van der Waals surface area contributed by atoms with Gasteiger partial charge in [-0.1, -0.05) is 74.7 Å². The maximum Gasteiger partial charge on any atom is 0.126 e. The summed E-state index contributed by atoms with van der Waals surface area (Å²) >= 11 is 3.72. The van der Waals surface area contributed by atoms with E-state index >= 15 is 0 Å². The summed E-state index contributed by atoms with van der Waals surface area (Å²) in [6, 6.07) is 6.62. The van der Waals surface area contributed by atoms with E-state index in [1.54, 1.807) is 0 Å². The Morgan fingerprint density at radius 3 is 2.00 bits per heavy atom. The maximum absolute atomic E-state index is 6.44. The smallest absolute Gasteiger partial charge is 0.126 e. The van der Waals surface area contributed by atoms with Crippen LogP contribution in [0.25, 0.3) is 0 Å². The summed E-state index contributed by atoms with van der Waals surface area (Å²) in [5.74, 6) is 2.15. The van der Waals surface area contributed by atoms with Crippen molar-refractivity contribution in [3.05, 3.63) is 29.3 Å². The molecular formula is C19H29BrO. The highest BCUT2D eigenvalue weighted by atomic mass is 79.9. The minimum atomic E-state index is 0.346. The van der Waals surface area contributed by atoms with Gasteiger partial charge < -0.3 is 4.74 Å². The van der Waals surface area contributed by atoms with Crippen LogP contribution >= 0.6 is 15.9 Å². The Bertz CT molecular complexity index is 432. The highest BCUT2D eigenvalue weighted by molar-refractivity contribution is 9.09. The molecule has 0 amide bonds. The summed E-state index contributed by atoms with van der Waals surface area (Å²) in [6.07, 6.45) is 5.27. The first-order chi connectivity index (χ1) is 9.99. The summed E-state index contributed by atoms with van der Waals surface area (Å²) in [4.78, 5) is 0. The van der Waals surface area contributed by atoms with Crippen LogP contribution in [0.15, 0.2) is 18.2 Å². The molecule has 1 aliphatic carbocycles. The van der Waals surface area contributed by atoms with E-state index in [0.29, 0.717) is 17.3 Å². The molecule has 0 saturated heterocycles. The van der Waals surface area contributed by atoms with E-state index in [1.807, 2.05) is 0 Å². The van der Waals surface area contributed by atoms with Gasteiger partial charge in [-0.3, -0.25) is 0 Å². The fourth-order valence-electron chi connectivity index (χ4n) is 3.32. The Balaban J connectivity index is 2.25. The molecular weight excluding hydrogens is 324 g/mol. The van der Waals surface area contributed by atoms with Crippen molar-refractivity contribution >= 4 is 15.9 Å². The molecule has 0 N–H and O–H groups in total. The van der Waals surface area contributed by atoms with Crippen molar-refractivity contribution in [2.24, 2.45) is 5.41 Å². The number of alkyl halides is 1. The van der Waals surface area contributed by atoms with Crippen LogP contribution in [0, 0.1) is 5.41 Å². The average Bonchev–Trinajstić information content (AvgIpc) is 2.94. The van der Waals surface area contributed by atoms with Gasteiger partial charge in [0, 0.05) is 10.7 Å². The first kappa shape index (κ1) is 16.9. The van der Waals surface area contributed by atoms with Crippen molar-refractivity contribution in [2.45, 2.75) is 65.2 Å². The maximum atomic E-state index is 6.44. The van der Waals surface area contributed by atoms with Gasteiger partial charge in [-0.2, -0.15) is 0 Å². The molecule has 1 saturated carbocycles. The van der Waals surface area contributed by atoms with Crippen molar-refractivity contribution in [3.8, 4) is 5.75 Å². The van der Waals surface area contributed by atoms with Gasteiger partial charge in [-0.05, 0) is 35.8 Å². The van der Waals surface area contributed by atoms with Gasteiger partial charge in [-0.15, -0.1) is 0 Å². The van der Waals surface area contributed by atoms with Crippen LogP contribution in [0.1, 0.15) is 76.3 Å². The second-order valence-electron chi connectivity index (χ2n) is 7.20. The van der Waals surface area contributed by atoms with Crippen molar-refractivity contribution in [1.82, 2.24) is 0 Å². The third kappa shape index (κ3) is 3.83. The fourth-order valence-corrected chi connectivity index (χ4v) is 4.04. The quantitative estimate of drug-likeness (QED) is 0.548. The SMILES string of the molecule is CC(C)c1cccc(C(C)C)c1OCC1(CBr)CCCC1. The van der Waals surface area contributed by atoms with Gasteiger partial charge in [0.15, 0.2) is 0 Å². The monoisotopic (exact) mass is 352 g/mol. The lowest BCUT2D eigenvalue weighted by Crippen LogP contribution is -2.27. The third-order valence-corrected chi connectivity index (χ3v) is 5.98. The molecule has 2 rings (SSSR count). The van der Waals surface area contributed by atoms with Crippen LogP contribution in [0.5, 0.6) is 5.75 Å². The predicted molar refractivity (Wildman–Crippen MR) is 94.8 cm³/mol. The molecule has 0 heterocycles. The standard InChI is InChI=1S/C19H29BrO/c1-14(2)16-8-7-9-17(15(3)4)18(16)21-13-19(12-20)10-5-6-11-19/h7-9,14-15H,5-6,10-13H2,1-4H3. The van der Waals surface area contributed by atoms with E-state index in [-0.39, 0.29) is 0 Å². The molecule has 1 fully saturated rings. The number of hydrogen-bond donors (Lipinski definition) is 0. The van der Waals surface area contributed by atoms with Gasteiger partial charge in [0.1, 0.15) is 5.75 Å². The Morgan fingerprint density at radius 1 is 1.05 bits per heavy atom. The van der Waals surface area contributed by atoms with Gasteiger partial charge in [0.25, 0.3) is 0 Å². The molecule has 1 aliphatic rings. The van der Waals surface area contributed by atoms with E-state index in [1.165, 1.54) is 36.8 Å². The molecule has 1 aromatic carbocycles. The lowest BCUT2D eigenvalue weighted by atomic mass is 9.89. The molecule has 1 nitrogen and oxygen atoms in total. The molecule has 21 heavy (non-hydrogen) atoms. The summed E-state index contributed by atoms with van der Waals surface area (Å²) in [5.41, 5.74) is 3.05. The van der Waals surface area contributed by atoms with Crippen LogP contribution in [0.4, 0.5) is 0 Å². The molecule has 0 unspecified atom stereocenters. The van der Waals surface area contributed by atoms with E-state index in [0.717, 1.165) is 17.7 Å². The zero-order valence-electron chi connectivity index (χ0n) is 13.9. The van der Waals surface area contributed by atoms with Crippen molar-refractivity contribution < 1.29 is 4.74 Å². The summed E-state index contributed by atoms with van der Waals surface area (Å²) in [6.45, 7) is 9.86. The summed E-state index contributed by atoms with van der Waals surface area (Å²) in [7, 11) is 0. The number of halogens is 1. The topological polar surface area (TPSA) is 9.23 Å². The fraction of sp³-hybridized carbons (Fsp3) is 0.684. The van der Waals surface area contributed by atoms with Crippen molar-refractivity contribution in [3.63, 3.8) is 0 Å². The normalized spacial score (nSPS) is 17.7. The highest BCUT2D eigenvalue weighted by Gasteiger charge is 2.34. The molecule has 2 heteroatoms. The van der Waals surface area contributed by atoms with Gasteiger partial charge in [-0.25, -0.2) is 0 Å². The molecule has 0 aliphatic heterocycles. The molecule has 0 spiro atoms. The second kappa shape index (κ2) is 7.17. The minimum absolute atomic E-state index is 0.346. The van der Waals surface area contributed by atoms with E-state index in [2.05, 4.69) is 61.8 Å². The number of rotatable bonds is 6. The van der Waals surface area contributed by atoms with Gasteiger partial charge in [0.2, 0.25) is 0 Å². The van der Waals surface area contributed by atoms with E-state index < -0.39 is 0 Å². The first-order valence-electron chi connectivity index (χ1n) is 8.31. The van der Waals surface area contributed by atoms with E-state index in [4.69, 9.17) is 4.74 Å². The molecule has 0 radical (unpaired) electrons. The first-order valence-corrected chi connectivity index (χ1v) is 9.43.